The minimum atomic E-state index is -1.36. The Balaban J connectivity index is 2.72. The van der Waals surface area contributed by atoms with Gasteiger partial charge in [-0.3, -0.25) is 4.48 Å². The fourth-order valence-corrected chi connectivity index (χ4v) is 6.47. The van der Waals surface area contributed by atoms with Crippen molar-refractivity contribution >= 4 is 0 Å². The summed E-state index contributed by atoms with van der Waals surface area (Å²) < 4.78 is 6.63. The van der Waals surface area contributed by atoms with Crippen LogP contribution >= 0.6 is 0 Å². The Labute approximate surface area is 246 Å². The molecule has 0 aromatic rings. The molecule has 0 aromatic carbocycles. The second kappa shape index (κ2) is 24.2. The molecule has 240 valence electrons. The van der Waals surface area contributed by atoms with E-state index in [0.29, 0.717) is 17.4 Å². The van der Waals surface area contributed by atoms with Crippen LogP contribution in [0.3, 0.4) is 0 Å². The monoisotopic (exact) mass is 575 g/mol. The zero-order valence-corrected chi connectivity index (χ0v) is 26.4. The summed E-state index contributed by atoms with van der Waals surface area (Å²) >= 11 is 0. The highest BCUT2D eigenvalue weighted by molar-refractivity contribution is 4.89. The zero-order chi connectivity index (χ0) is 29.5. The van der Waals surface area contributed by atoms with E-state index >= 15 is 0 Å². The number of aliphatic hydroxyl groups is 5. The molecule has 0 bridgehead atoms. The van der Waals surface area contributed by atoms with Gasteiger partial charge in [0.15, 0.2) is 6.10 Å². The maximum absolute atomic E-state index is 11.1. The maximum atomic E-state index is 11.1. The van der Waals surface area contributed by atoms with Crippen LogP contribution in [-0.4, -0.2) is 93.5 Å². The third kappa shape index (κ3) is 14.8. The number of aliphatic hydroxyl groups excluding tert-OH is 5. The number of rotatable bonds is 27. The first-order chi connectivity index (χ1) is 19.5. The number of hydrogen-bond donors (Lipinski definition) is 5. The molecular weight excluding hydrogens is 506 g/mol. The summed E-state index contributed by atoms with van der Waals surface area (Å²) in [6.45, 7) is 6.41. The molecule has 1 aliphatic heterocycles. The van der Waals surface area contributed by atoms with Gasteiger partial charge in [0.25, 0.3) is 0 Å². The lowest BCUT2D eigenvalue weighted by atomic mass is 9.95. The summed E-state index contributed by atoms with van der Waals surface area (Å²) in [5.41, 5.74) is 0. The van der Waals surface area contributed by atoms with Gasteiger partial charge in [0.1, 0.15) is 18.3 Å². The maximum Gasteiger partial charge on any atom is 0.222 e. The van der Waals surface area contributed by atoms with Gasteiger partial charge in [-0.15, -0.1) is 0 Å². The van der Waals surface area contributed by atoms with E-state index in [1.807, 2.05) is 0 Å². The van der Waals surface area contributed by atoms with Crippen LogP contribution in [0.1, 0.15) is 149 Å². The van der Waals surface area contributed by atoms with Crippen molar-refractivity contribution in [3.8, 4) is 0 Å². The van der Waals surface area contributed by atoms with Crippen molar-refractivity contribution < 1.29 is 34.8 Å². The molecule has 7 nitrogen and oxygen atoms in total. The van der Waals surface area contributed by atoms with Crippen molar-refractivity contribution in [3.05, 3.63) is 0 Å². The van der Waals surface area contributed by atoms with E-state index in [9.17, 15) is 25.5 Å². The average Bonchev–Trinajstić information content (AvgIpc) is 2.96. The van der Waals surface area contributed by atoms with Crippen molar-refractivity contribution in [2.45, 2.75) is 179 Å². The molecule has 1 rings (SSSR count). The first-order valence-corrected chi connectivity index (χ1v) is 17.2. The highest BCUT2D eigenvalue weighted by atomic mass is 16.6. The molecule has 0 radical (unpaired) electrons. The summed E-state index contributed by atoms with van der Waals surface area (Å²) in [7, 11) is 0. The molecule has 1 fully saturated rings. The minimum absolute atomic E-state index is 0.0630. The largest absolute Gasteiger partial charge is 0.396 e. The molecule has 1 unspecified atom stereocenters. The highest BCUT2D eigenvalue weighted by Gasteiger charge is 2.52. The van der Waals surface area contributed by atoms with Crippen LogP contribution in [0.25, 0.3) is 0 Å². The van der Waals surface area contributed by atoms with E-state index in [1.54, 1.807) is 0 Å². The van der Waals surface area contributed by atoms with Crippen LogP contribution in [0.5, 0.6) is 0 Å². The summed E-state index contributed by atoms with van der Waals surface area (Å²) in [5.74, 6) is 0. The fourth-order valence-electron chi connectivity index (χ4n) is 6.47. The topological polar surface area (TPSA) is 110 Å². The molecule has 0 saturated carbocycles. The Morgan fingerprint density at radius 1 is 0.475 bits per heavy atom. The molecule has 7 heteroatoms. The number of nitrogens with zero attached hydrogens (tertiary/aromatic N) is 1. The molecule has 0 amide bonds. The number of quaternary nitrogens is 1. The molecule has 0 spiro atoms. The van der Waals surface area contributed by atoms with Gasteiger partial charge < -0.3 is 30.3 Å². The summed E-state index contributed by atoms with van der Waals surface area (Å²) in [6.07, 6.45) is 20.0. The van der Waals surface area contributed by atoms with E-state index in [2.05, 4.69) is 13.8 Å². The van der Waals surface area contributed by atoms with E-state index in [0.717, 1.165) is 38.8 Å². The van der Waals surface area contributed by atoms with Crippen LogP contribution in [0.4, 0.5) is 0 Å². The Kier molecular flexibility index (Phi) is 22.8. The molecule has 1 saturated heterocycles. The molecule has 0 aromatic heterocycles. The fraction of sp³-hybridized carbons (Fsp3) is 1.00. The second-order valence-electron chi connectivity index (χ2n) is 12.5. The standard InChI is InChI=1S/C33H68NO6/c1-3-5-7-9-11-13-15-17-19-21-24-34(26-23-27-35,25-22-20-18-16-14-12-10-8-6-4-2)33-32(39)31(38)30(37)29(28-36)40-33/h29-33,35-39H,3-28H2,1-2H3/q+1/t29-,30-,31+,32-,33?/m1/s1. The van der Waals surface area contributed by atoms with Gasteiger partial charge in [0.2, 0.25) is 6.23 Å². The highest BCUT2D eigenvalue weighted by Crippen LogP contribution is 2.31. The van der Waals surface area contributed by atoms with E-state index in [-0.39, 0.29) is 6.61 Å². The molecule has 5 N–H and O–H groups in total. The van der Waals surface area contributed by atoms with Gasteiger partial charge in [-0.25, -0.2) is 0 Å². The molecule has 0 aliphatic carbocycles. The minimum Gasteiger partial charge on any atom is -0.396 e. The van der Waals surface area contributed by atoms with Crippen LogP contribution in [0, 0.1) is 0 Å². The first kappa shape index (κ1) is 37.7. The molecule has 40 heavy (non-hydrogen) atoms. The van der Waals surface area contributed by atoms with E-state index in [1.165, 1.54) is 103 Å². The van der Waals surface area contributed by atoms with Crippen molar-refractivity contribution in [3.63, 3.8) is 0 Å². The average molecular weight is 575 g/mol. The summed E-state index contributed by atoms with van der Waals surface area (Å²) in [4.78, 5) is 0. The summed E-state index contributed by atoms with van der Waals surface area (Å²) in [6, 6.07) is 0. The van der Waals surface area contributed by atoms with Gasteiger partial charge in [0.05, 0.1) is 26.2 Å². The van der Waals surface area contributed by atoms with Gasteiger partial charge in [0, 0.05) is 13.0 Å². The normalized spacial score (nSPS) is 23.6. The lowest BCUT2D eigenvalue weighted by molar-refractivity contribution is -0.979. The molecule has 1 heterocycles. The van der Waals surface area contributed by atoms with Gasteiger partial charge in [-0.05, 0) is 25.7 Å². The van der Waals surface area contributed by atoms with E-state index < -0.39 is 37.3 Å². The third-order valence-corrected chi connectivity index (χ3v) is 9.08. The predicted octanol–water partition coefficient (Wildman–Crippen LogP) is 5.83. The Bertz CT molecular complexity index is 539. The first-order valence-electron chi connectivity index (χ1n) is 17.2. The van der Waals surface area contributed by atoms with Crippen molar-refractivity contribution in [2.24, 2.45) is 0 Å². The quantitative estimate of drug-likeness (QED) is 0.0624. The Morgan fingerprint density at radius 3 is 1.23 bits per heavy atom. The molecular formula is C33H68NO6+. The van der Waals surface area contributed by atoms with Crippen molar-refractivity contribution in [1.82, 2.24) is 0 Å². The third-order valence-electron chi connectivity index (χ3n) is 9.08. The number of hydrogen-bond acceptors (Lipinski definition) is 6. The molecule has 5 atom stereocenters. The van der Waals surface area contributed by atoms with Crippen LogP contribution < -0.4 is 0 Å². The second-order valence-corrected chi connectivity index (χ2v) is 12.5. The zero-order valence-electron chi connectivity index (χ0n) is 26.4. The lowest BCUT2D eigenvalue weighted by Gasteiger charge is -2.51. The number of unbranched alkanes of at least 4 members (excludes halogenated alkanes) is 18. The number of ether oxygens (including phenoxy) is 1. The Hall–Kier alpha value is -0.280. The van der Waals surface area contributed by atoms with Gasteiger partial charge in [-0.1, -0.05) is 117 Å². The molecule has 1 aliphatic rings. The SMILES string of the molecule is CCCCCCCCCCCC[N+](CCCO)(CCCCCCCCCCCC)C1O[C@H](CO)[C@@H](O)[C@H](O)[C@H]1O. The van der Waals surface area contributed by atoms with Crippen LogP contribution in [0.2, 0.25) is 0 Å². The summed E-state index contributed by atoms with van der Waals surface area (Å²) in [5, 5.41) is 51.7. The predicted molar refractivity (Wildman–Crippen MR) is 164 cm³/mol. The smallest absolute Gasteiger partial charge is 0.222 e. The van der Waals surface area contributed by atoms with Crippen LogP contribution in [0.15, 0.2) is 0 Å². The van der Waals surface area contributed by atoms with Crippen LogP contribution in [-0.2, 0) is 4.74 Å². The van der Waals surface area contributed by atoms with Crippen molar-refractivity contribution in [2.75, 3.05) is 32.8 Å². The van der Waals surface area contributed by atoms with E-state index in [4.69, 9.17) is 4.74 Å². The van der Waals surface area contributed by atoms with Crippen molar-refractivity contribution in [1.29, 1.82) is 0 Å². The van der Waals surface area contributed by atoms with Gasteiger partial charge >= 0.3 is 0 Å². The van der Waals surface area contributed by atoms with Gasteiger partial charge in [-0.2, -0.15) is 0 Å². The lowest BCUT2D eigenvalue weighted by Crippen LogP contribution is -2.70. The Morgan fingerprint density at radius 2 is 0.850 bits per heavy atom.